The van der Waals surface area contributed by atoms with Crippen molar-refractivity contribution in [2.24, 2.45) is 0 Å². The highest BCUT2D eigenvalue weighted by Gasteiger charge is 2.24. The normalized spacial score (nSPS) is 19.0. The van der Waals surface area contributed by atoms with Gasteiger partial charge in [0.05, 0.1) is 4.88 Å². The molecular formula is C16H15BrFNOS2. The first-order chi connectivity index (χ1) is 10.6. The predicted molar refractivity (Wildman–Crippen MR) is 94.1 cm³/mol. The van der Waals surface area contributed by atoms with Crippen LogP contribution in [-0.2, 0) is 0 Å². The van der Waals surface area contributed by atoms with Gasteiger partial charge in [-0.3, -0.25) is 4.79 Å². The van der Waals surface area contributed by atoms with Gasteiger partial charge in [-0.15, -0.1) is 11.3 Å². The maximum absolute atomic E-state index is 13.9. The van der Waals surface area contributed by atoms with Gasteiger partial charge in [0, 0.05) is 39.5 Å². The molecule has 1 atom stereocenters. The molecule has 1 fully saturated rings. The second-order valence-corrected chi connectivity index (χ2v) is 8.23. The maximum Gasteiger partial charge on any atom is 0.263 e. The Morgan fingerprint density at radius 2 is 2.14 bits per heavy atom. The first-order valence-corrected chi connectivity index (χ1v) is 9.76. The van der Waals surface area contributed by atoms with E-state index in [1.54, 1.807) is 17.8 Å². The molecule has 0 saturated carbocycles. The van der Waals surface area contributed by atoms with Crippen LogP contribution in [0.2, 0.25) is 0 Å². The average Bonchev–Trinajstić information content (AvgIpc) is 2.81. The molecule has 1 saturated heterocycles. The van der Waals surface area contributed by atoms with Crippen molar-refractivity contribution in [3.63, 3.8) is 0 Å². The highest BCUT2D eigenvalue weighted by molar-refractivity contribution is 9.10. The number of thiophene rings is 1. The molecule has 0 radical (unpaired) electrons. The zero-order valence-corrected chi connectivity index (χ0v) is 15.0. The highest BCUT2D eigenvalue weighted by atomic mass is 79.9. The summed E-state index contributed by atoms with van der Waals surface area (Å²) in [5.74, 6) is 0.754. The molecule has 0 N–H and O–H groups in total. The van der Waals surface area contributed by atoms with Crippen molar-refractivity contribution in [1.29, 1.82) is 0 Å². The molecule has 0 aliphatic carbocycles. The lowest BCUT2D eigenvalue weighted by molar-refractivity contribution is 0.0771. The molecule has 2 aromatic rings. The van der Waals surface area contributed by atoms with E-state index in [4.69, 9.17) is 0 Å². The van der Waals surface area contributed by atoms with Crippen LogP contribution in [0, 0.1) is 5.82 Å². The minimum atomic E-state index is -0.151. The fourth-order valence-corrected chi connectivity index (χ4v) is 5.19. The van der Waals surface area contributed by atoms with Crippen molar-refractivity contribution in [1.82, 2.24) is 4.90 Å². The number of hydrogen-bond acceptors (Lipinski definition) is 3. The summed E-state index contributed by atoms with van der Waals surface area (Å²) in [7, 11) is 0. The smallest absolute Gasteiger partial charge is 0.263 e. The molecule has 1 aliphatic heterocycles. The van der Waals surface area contributed by atoms with E-state index in [-0.39, 0.29) is 17.0 Å². The van der Waals surface area contributed by atoms with Crippen LogP contribution < -0.4 is 0 Å². The molecular weight excluding hydrogens is 385 g/mol. The number of thioether (sulfide) groups is 1. The lowest BCUT2D eigenvalue weighted by Crippen LogP contribution is -2.32. The Kier molecular flexibility index (Phi) is 5.21. The molecule has 2 nitrogen and oxygen atoms in total. The Labute approximate surface area is 145 Å². The summed E-state index contributed by atoms with van der Waals surface area (Å²) in [5, 5.41) is 2.04. The summed E-state index contributed by atoms with van der Waals surface area (Å²) in [5.41, 5.74) is 0.751. The highest BCUT2D eigenvalue weighted by Crippen LogP contribution is 2.36. The average molecular weight is 400 g/mol. The number of hydrogen-bond donors (Lipinski definition) is 0. The largest absolute Gasteiger partial charge is 0.337 e. The lowest BCUT2D eigenvalue weighted by atomic mass is 10.1. The fourth-order valence-electron chi connectivity index (χ4n) is 2.54. The third kappa shape index (κ3) is 3.55. The van der Waals surface area contributed by atoms with Gasteiger partial charge in [-0.2, -0.15) is 11.8 Å². The monoisotopic (exact) mass is 399 g/mol. The van der Waals surface area contributed by atoms with Gasteiger partial charge in [-0.1, -0.05) is 18.2 Å². The summed E-state index contributed by atoms with van der Waals surface area (Å²) in [6.07, 6.45) is 0.782. The fraction of sp³-hybridized carbons (Fsp3) is 0.312. The predicted octanol–water partition coefficient (Wildman–Crippen LogP) is 4.97. The van der Waals surface area contributed by atoms with Crippen LogP contribution in [0.5, 0.6) is 0 Å². The van der Waals surface area contributed by atoms with Crippen molar-refractivity contribution in [3.05, 3.63) is 56.4 Å². The molecule has 2 heterocycles. The molecule has 0 bridgehead atoms. The molecule has 3 rings (SSSR count). The molecule has 1 aromatic carbocycles. The van der Waals surface area contributed by atoms with Crippen LogP contribution in [0.4, 0.5) is 4.39 Å². The maximum atomic E-state index is 13.9. The topological polar surface area (TPSA) is 20.3 Å². The van der Waals surface area contributed by atoms with E-state index >= 15 is 0 Å². The minimum absolute atomic E-state index is 0.0745. The second-order valence-electron chi connectivity index (χ2n) is 5.09. The SMILES string of the molecule is O=C(c1cc(Br)cs1)N1CCSC(c2ccccc2F)CC1. The Morgan fingerprint density at radius 1 is 1.32 bits per heavy atom. The van der Waals surface area contributed by atoms with E-state index < -0.39 is 0 Å². The van der Waals surface area contributed by atoms with E-state index in [1.807, 2.05) is 28.5 Å². The van der Waals surface area contributed by atoms with Crippen LogP contribution in [0.15, 0.2) is 40.2 Å². The molecule has 1 amide bonds. The molecule has 0 spiro atoms. The standard InChI is InChI=1S/C16H15BrFNOS2/c17-11-9-15(22-10-11)16(20)19-6-5-14(21-8-7-19)12-3-1-2-4-13(12)18/h1-4,9-10,14H,5-8H2. The molecule has 1 aromatic heterocycles. The van der Waals surface area contributed by atoms with E-state index in [9.17, 15) is 9.18 Å². The number of carbonyl (C=O) groups excluding carboxylic acids is 1. The van der Waals surface area contributed by atoms with Gasteiger partial charge in [0.15, 0.2) is 0 Å². The Balaban J connectivity index is 1.70. The molecule has 116 valence electrons. The van der Waals surface area contributed by atoms with E-state index in [0.717, 1.165) is 27.1 Å². The minimum Gasteiger partial charge on any atom is -0.337 e. The van der Waals surface area contributed by atoms with Crippen molar-refractivity contribution in [3.8, 4) is 0 Å². The van der Waals surface area contributed by atoms with Gasteiger partial charge < -0.3 is 4.90 Å². The van der Waals surface area contributed by atoms with Crippen LogP contribution in [-0.4, -0.2) is 29.6 Å². The third-order valence-corrected chi connectivity index (χ3v) is 6.65. The number of rotatable bonds is 2. The Hall–Kier alpha value is -0.850. The number of carbonyl (C=O) groups is 1. The molecule has 1 unspecified atom stereocenters. The van der Waals surface area contributed by atoms with Gasteiger partial charge in [0.2, 0.25) is 0 Å². The van der Waals surface area contributed by atoms with E-state index in [0.29, 0.717) is 13.1 Å². The number of nitrogens with zero attached hydrogens (tertiary/aromatic N) is 1. The van der Waals surface area contributed by atoms with Gasteiger partial charge in [-0.05, 0) is 34.5 Å². The van der Waals surface area contributed by atoms with Gasteiger partial charge in [-0.25, -0.2) is 4.39 Å². The second kappa shape index (κ2) is 7.15. The Morgan fingerprint density at radius 3 is 2.86 bits per heavy atom. The number of halogens is 2. The molecule has 6 heteroatoms. The zero-order chi connectivity index (χ0) is 15.5. The summed E-state index contributed by atoms with van der Waals surface area (Å²) in [6.45, 7) is 1.38. The molecule has 22 heavy (non-hydrogen) atoms. The van der Waals surface area contributed by atoms with E-state index in [2.05, 4.69) is 15.9 Å². The summed E-state index contributed by atoms with van der Waals surface area (Å²) in [6, 6.07) is 8.80. The molecule has 1 aliphatic rings. The number of amides is 1. The van der Waals surface area contributed by atoms with E-state index in [1.165, 1.54) is 17.4 Å². The zero-order valence-electron chi connectivity index (χ0n) is 11.8. The van der Waals surface area contributed by atoms with Crippen LogP contribution >= 0.6 is 39.0 Å². The van der Waals surface area contributed by atoms with Crippen LogP contribution in [0.3, 0.4) is 0 Å². The van der Waals surface area contributed by atoms with Crippen molar-refractivity contribution in [2.75, 3.05) is 18.8 Å². The number of benzene rings is 1. The summed E-state index contributed by atoms with van der Waals surface area (Å²) >= 11 is 6.57. The van der Waals surface area contributed by atoms with Crippen molar-refractivity contribution < 1.29 is 9.18 Å². The first-order valence-electron chi connectivity index (χ1n) is 7.04. The van der Waals surface area contributed by atoms with Crippen molar-refractivity contribution >= 4 is 44.9 Å². The quantitative estimate of drug-likeness (QED) is 0.710. The van der Waals surface area contributed by atoms with Gasteiger partial charge in [0.25, 0.3) is 5.91 Å². The van der Waals surface area contributed by atoms with Gasteiger partial charge >= 0.3 is 0 Å². The lowest BCUT2D eigenvalue weighted by Gasteiger charge is -2.19. The third-order valence-electron chi connectivity index (χ3n) is 3.66. The van der Waals surface area contributed by atoms with Gasteiger partial charge in [0.1, 0.15) is 5.82 Å². The Bertz CT molecular complexity index is 676. The summed E-state index contributed by atoms with van der Waals surface area (Å²) in [4.78, 5) is 15.1. The van der Waals surface area contributed by atoms with Crippen LogP contribution in [0.1, 0.15) is 26.9 Å². The van der Waals surface area contributed by atoms with Crippen molar-refractivity contribution in [2.45, 2.75) is 11.7 Å². The van der Waals surface area contributed by atoms with Crippen LogP contribution in [0.25, 0.3) is 0 Å². The summed E-state index contributed by atoms with van der Waals surface area (Å²) < 4.78 is 14.9. The first kappa shape index (κ1) is 16.0.